The SMILES string of the molecule is CCN=C(NC#N)Nc1cccc(C(=O)NCC(=O)NC(CC(=O)OCC)c2ccccc2)c1. The summed E-state index contributed by atoms with van der Waals surface area (Å²) in [5, 5.41) is 19.5. The van der Waals surface area contributed by atoms with Crippen LogP contribution in [0.3, 0.4) is 0 Å². The Labute approximate surface area is 198 Å². The number of carbonyl (C=O) groups excluding carboxylic acids is 3. The number of esters is 1. The predicted octanol–water partition coefficient (Wildman–Crippen LogP) is 2.09. The molecule has 178 valence electrons. The molecule has 0 bridgehead atoms. The number of ether oxygens (including phenoxy) is 1. The van der Waals surface area contributed by atoms with Crippen molar-refractivity contribution < 1.29 is 19.1 Å². The number of amides is 2. The standard InChI is InChI=1S/C24H28N6O4/c1-3-26-24(28-16-25)29-19-12-8-11-18(13-19)23(33)27-15-21(31)30-20(14-22(32)34-4-2)17-9-6-5-7-10-17/h5-13,20H,3-4,14-15H2,1-2H3,(H,27,33)(H,30,31)(H2,26,28,29). The van der Waals surface area contributed by atoms with Crippen LogP contribution in [0.5, 0.6) is 0 Å². The van der Waals surface area contributed by atoms with E-state index >= 15 is 0 Å². The van der Waals surface area contributed by atoms with E-state index in [1.54, 1.807) is 49.5 Å². The minimum Gasteiger partial charge on any atom is -0.466 e. The Balaban J connectivity index is 1.99. The largest absolute Gasteiger partial charge is 0.466 e. The van der Waals surface area contributed by atoms with Crippen LogP contribution in [-0.2, 0) is 14.3 Å². The third kappa shape index (κ3) is 8.63. The van der Waals surface area contributed by atoms with Crippen LogP contribution in [0.25, 0.3) is 0 Å². The fourth-order valence-corrected chi connectivity index (χ4v) is 3.03. The van der Waals surface area contributed by atoms with Gasteiger partial charge in [0.2, 0.25) is 11.9 Å². The average molecular weight is 465 g/mol. The second-order valence-corrected chi connectivity index (χ2v) is 6.99. The molecule has 2 aromatic carbocycles. The molecule has 0 aliphatic rings. The molecule has 0 radical (unpaired) electrons. The summed E-state index contributed by atoms with van der Waals surface area (Å²) in [6, 6.07) is 15.0. The van der Waals surface area contributed by atoms with Crippen molar-refractivity contribution in [1.82, 2.24) is 16.0 Å². The number of nitrogens with zero attached hydrogens (tertiary/aromatic N) is 2. The van der Waals surface area contributed by atoms with Gasteiger partial charge >= 0.3 is 5.97 Å². The first-order valence-electron chi connectivity index (χ1n) is 10.8. The first-order chi connectivity index (χ1) is 16.5. The summed E-state index contributed by atoms with van der Waals surface area (Å²) in [5.74, 6) is -1.07. The van der Waals surface area contributed by atoms with Gasteiger partial charge in [0.25, 0.3) is 5.91 Å². The van der Waals surface area contributed by atoms with Gasteiger partial charge < -0.3 is 20.7 Å². The summed E-state index contributed by atoms with van der Waals surface area (Å²) < 4.78 is 5.00. The molecule has 0 heterocycles. The van der Waals surface area contributed by atoms with Gasteiger partial charge in [0.1, 0.15) is 0 Å². The van der Waals surface area contributed by atoms with E-state index in [2.05, 4.69) is 26.3 Å². The molecule has 34 heavy (non-hydrogen) atoms. The number of rotatable bonds is 10. The lowest BCUT2D eigenvalue weighted by Crippen LogP contribution is -2.39. The third-order valence-corrected chi connectivity index (χ3v) is 4.50. The highest BCUT2D eigenvalue weighted by atomic mass is 16.5. The molecule has 10 nitrogen and oxygen atoms in total. The molecule has 0 aromatic heterocycles. The Morgan fingerprint density at radius 3 is 2.53 bits per heavy atom. The van der Waals surface area contributed by atoms with Crippen LogP contribution in [0.15, 0.2) is 59.6 Å². The Kier molecular flexibility index (Phi) is 10.6. The summed E-state index contributed by atoms with van der Waals surface area (Å²) in [5.41, 5.74) is 1.62. The maximum Gasteiger partial charge on any atom is 0.308 e. The van der Waals surface area contributed by atoms with E-state index in [9.17, 15) is 14.4 Å². The van der Waals surface area contributed by atoms with Crippen molar-refractivity contribution in [2.75, 3.05) is 25.0 Å². The number of nitriles is 1. The van der Waals surface area contributed by atoms with Crippen molar-refractivity contribution in [3.8, 4) is 6.19 Å². The van der Waals surface area contributed by atoms with Crippen LogP contribution in [-0.4, -0.2) is 43.4 Å². The zero-order valence-electron chi connectivity index (χ0n) is 19.1. The Bertz CT molecular complexity index is 1050. The zero-order chi connectivity index (χ0) is 24.8. The van der Waals surface area contributed by atoms with Crippen molar-refractivity contribution in [2.45, 2.75) is 26.3 Å². The molecular weight excluding hydrogens is 436 g/mol. The molecule has 4 N–H and O–H groups in total. The van der Waals surface area contributed by atoms with E-state index in [1.165, 1.54) is 0 Å². The molecule has 10 heteroatoms. The van der Waals surface area contributed by atoms with Crippen LogP contribution in [0, 0.1) is 11.5 Å². The van der Waals surface area contributed by atoms with Gasteiger partial charge in [-0.3, -0.25) is 24.7 Å². The van der Waals surface area contributed by atoms with Crippen LogP contribution < -0.4 is 21.3 Å². The van der Waals surface area contributed by atoms with Crippen LogP contribution in [0.1, 0.15) is 42.2 Å². The monoisotopic (exact) mass is 464 g/mol. The second-order valence-electron chi connectivity index (χ2n) is 6.99. The Hall–Kier alpha value is -4.39. The van der Waals surface area contributed by atoms with E-state index in [0.717, 1.165) is 5.56 Å². The second kappa shape index (κ2) is 13.9. The first-order valence-corrected chi connectivity index (χ1v) is 10.8. The van der Waals surface area contributed by atoms with E-state index in [4.69, 9.17) is 10.00 Å². The maximum atomic E-state index is 12.6. The maximum absolute atomic E-state index is 12.6. The number of benzene rings is 2. The molecule has 0 saturated heterocycles. The molecular formula is C24H28N6O4. The van der Waals surface area contributed by atoms with Crippen LogP contribution >= 0.6 is 0 Å². The molecule has 0 spiro atoms. The molecule has 2 amide bonds. The van der Waals surface area contributed by atoms with Gasteiger partial charge in [0.15, 0.2) is 6.19 Å². The van der Waals surface area contributed by atoms with Gasteiger partial charge in [-0.1, -0.05) is 36.4 Å². The highest BCUT2D eigenvalue weighted by molar-refractivity contribution is 5.99. The van der Waals surface area contributed by atoms with Gasteiger partial charge in [0.05, 0.1) is 25.6 Å². The third-order valence-electron chi connectivity index (χ3n) is 4.50. The minimum atomic E-state index is -0.582. The summed E-state index contributed by atoms with van der Waals surface area (Å²) in [4.78, 5) is 41.2. The number of hydrogen-bond acceptors (Lipinski definition) is 6. The molecule has 0 saturated carbocycles. The summed E-state index contributed by atoms with van der Waals surface area (Å²) >= 11 is 0. The molecule has 2 aromatic rings. The van der Waals surface area contributed by atoms with Crippen molar-refractivity contribution in [3.05, 3.63) is 65.7 Å². The van der Waals surface area contributed by atoms with Gasteiger partial charge in [-0.15, -0.1) is 0 Å². The smallest absolute Gasteiger partial charge is 0.308 e. The van der Waals surface area contributed by atoms with Crippen LogP contribution in [0.2, 0.25) is 0 Å². The first kappa shape index (κ1) is 25.9. The normalized spacial score (nSPS) is 11.5. The quantitative estimate of drug-likeness (QED) is 0.138. The fourth-order valence-electron chi connectivity index (χ4n) is 3.03. The molecule has 0 fully saturated rings. The van der Waals surface area contributed by atoms with Crippen LogP contribution in [0.4, 0.5) is 5.69 Å². The van der Waals surface area contributed by atoms with Crippen molar-refractivity contribution in [2.24, 2.45) is 4.99 Å². The number of carbonyl (C=O) groups is 3. The van der Waals surface area contributed by atoms with E-state index in [-0.39, 0.29) is 25.5 Å². The van der Waals surface area contributed by atoms with Crippen molar-refractivity contribution in [1.29, 1.82) is 5.26 Å². The molecule has 0 aliphatic heterocycles. The van der Waals surface area contributed by atoms with E-state index < -0.39 is 23.8 Å². The summed E-state index contributed by atoms with van der Waals surface area (Å²) in [6.07, 6.45) is 1.77. The fraction of sp³-hybridized carbons (Fsp3) is 0.292. The topological polar surface area (TPSA) is 145 Å². The van der Waals surface area contributed by atoms with E-state index in [0.29, 0.717) is 17.8 Å². The van der Waals surface area contributed by atoms with Gasteiger partial charge in [-0.2, -0.15) is 5.26 Å². The number of nitrogens with one attached hydrogen (secondary N) is 4. The highest BCUT2D eigenvalue weighted by Crippen LogP contribution is 2.17. The van der Waals surface area contributed by atoms with Gasteiger partial charge in [-0.05, 0) is 37.6 Å². The lowest BCUT2D eigenvalue weighted by atomic mass is 10.0. The Morgan fingerprint density at radius 1 is 1.09 bits per heavy atom. The van der Waals surface area contributed by atoms with Crippen molar-refractivity contribution in [3.63, 3.8) is 0 Å². The zero-order valence-corrected chi connectivity index (χ0v) is 19.1. The predicted molar refractivity (Wildman–Crippen MR) is 128 cm³/mol. The number of hydrogen-bond donors (Lipinski definition) is 4. The highest BCUT2D eigenvalue weighted by Gasteiger charge is 2.19. The lowest BCUT2D eigenvalue weighted by molar-refractivity contribution is -0.143. The molecule has 2 rings (SSSR count). The number of anilines is 1. The summed E-state index contributed by atoms with van der Waals surface area (Å²) in [7, 11) is 0. The van der Waals surface area contributed by atoms with Gasteiger partial charge in [0, 0.05) is 17.8 Å². The van der Waals surface area contributed by atoms with Gasteiger partial charge in [-0.25, -0.2) is 0 Å². The Morgan fingerprint density at radius 2 is 1.85 bits per heavy atom. The van der Waals surface area contributed by atoms with Crippen molar-refractivity contribution >= 4 is 29.4 Å². The number of guanidine groups is 1. The summed E-state index contributed by atoms with van der Waals surface area (Å²) in [6.45, 7) is 3.97. The molecule has 1 atom stereocenters. The van der Waals surface area contributed by atoms with E-state index in [1.807, 2.05) is 25.1 Å². The number of aliphatic imine (C=N–C) groups is 1. The molecule has 1 unspecified atom stereocenters. The minimum absolute atomic E-state index is 0.0242. The molecule has 0 aliphatic carbocycles. The average Bonchev–Trinajstić information content (AvgIpc) is 2.83. The lowest BCUT2D eigenvalue weighted by Gasteiger charge is -2.19.